The minimum atomic E-state index is -1.11. The van der Waals surface area contributed by atoms with E-state index in [1.807, 2.05) is 7.05 Å². The van der Waals surface area contributed by atoms with Crippen molar-refractivity contribution in [3.05, 3.63) is 23.7 Å². The first kappa shape index (κ1) is 15.4. The fourth-order valence-electron chi connectivity index (χ4n) is 2.90. The molecule has 0 spiro atoms. The molecule has 1 aliphatic rings. The molecule has 0 bridgehead atoms. The minimum Gasteiger partial charge on any atom is -0.475 e. The second-order valence-corrected chi connectivity index (χ2v) is 5.67. The average molecular weight is 294 g/mol. The Morgan fingerprint density at radius 1 is 1.38 bits per heavy atom. The number of hydrogen-bond acceptors (Lipinski definition) is 3. The summed E-state index contributed by atoms with van der Waals surface area (Å²) in [7, 11) is 1.81. The molecule has 116 valence electrons. The third kappa shape index (κ3) is 3.77. The lowest BCUT2D eigenvalue weighted by Crippen LogP contribution is -2.47. The van der Waals surface area contributed by atoms with E-state index in [0.717, 1.165) is 19.3 Å². The molecule has 1 aromatic heterocycles. The van der Waals surface area contributed by atoms with E-state index in [0.29, 0.717) is 11.7 Å². The molecule has 6 heteroatoms. The highest BCUT2D eigenvalue weighted by Crippen LogP contribution is 2.27. The van der Waals surface area contributed by atoms with Gasteiger partial charge in [0.15, 0.2) is 0 Å². The predicted molar refractivity (Wildman–Crippen MR) is 77.1 cm³/mol. The molecular formula is C15H22N2O4. The minimum absolute atomic E-state index is 0.117. The molecule has 1 heterocycles. The smallest absolute Gasteiger partial charge is 0.371 e. The van der Waals surface area contributed by atoms with Gasteiger partial charge in [-0.05, 0) is 30.9 Å². The van der Waals surface area contributed by atoms with Crippen LogP contribution < -0.4 is 5.32 Å². The van der Waals surface area contributed by atoms with Crippen LogP contribution in [-0.4, -0.2) is 35.1 Å². The van der Waals surface area contributed by atoms with Crippen LogP contribution in [0.4, 0.5) is 4.79 Å². The molecule has 0 aromatic carbocycles. The molecule has 6 nitrogen and oxygen atoms in total. The van der Waals surface area contributed by atoms with Crippen LogP contribution in [0.5, 0.6) is 0 Å². The summed E-state index contributed by atoms with van der Waals surface area (Å²) in [5.74, 6) is -0.281. The molecule has 0 aliphatic heterocycles. The molecule has 2 amide bonds. The van der Waals surface area contributed by atoms with Crippen LogP contribution in [0.25, 0.3) is 0 Å². The van der Waals surface area contributed by atoms with Crippen molar-refractivity contribution in [2.24, 2.45) is 5.92 Å². The second kappa shape index (κ2) is 6.65. The molecule has 21 heavy (non-hydrogen) atoms. The Morgan fingerprint density at radius 2 is 2.10 bits per heavy atom. The van der Waals surface area contributed by atoms with E-state index in [4.69, 9.17) is 9.52 Å². The lowest BCUT2D eigenvalue weighted by atomic mass is 9.85. The molecule has 1 saturated carbocycles. The largest absolute Gasteiger partial charge is 0.475 e. The number of aromatic carboxylic acids is 1. The SMILES string of the molecule is CC1CCCCC1N(C)C(=O)NCc1ccc(C(=O)O)o1. The molecular weight excluding hydrogens is 272 g/mol. The van der Waals surface area contributed by atoms with Gasteiger partial charge < -0.3 is 19.7 Å². The van der Waals surface area contributed by atoms with Crippen LogP contribution in [0.2, 0.25) is 0 Å². The van der Waals surface area contributed by atoms with Gasteiger partial charge in [-0.2, -0.15) is 0 Å². The number of hydrogen-bond donors (Lipinski definition) is 2. The standard InChI is InChI=1S/C15H22N2O4/c1-10-5-3-4-6-12(10)17(2)15(20)16-9-11-7-8-13(21-11)14(18)19/h7-8,10,12H,3-6,9H2,1-2H3,(H,16,20)(H,18,19). The Kier molecular flexibility index (Phi) is 4.88. The number of rotatable bonds is 4. The lowest BCUT2D eigenvalue weighted by molar-refractivity contribution is 0.0660. The zero-order chi connectivity index (χ0) is 15.4. The number of furan rings is 1. The van der Waals surface area contributed by atoms with Gasteiger partial charge in [-0.3, -0.25) is 0 Å². The summed E-state index contributed by atoms with van der Waals surface area (Å²) in [6, 6.07) is 3.07. The highest BCUT2D eigenvalue weighted by Gasteiger charge is 2.27. The Balaban J connectivity index is 1.86. The van der Waals surface area contributed by atoms with E-state index in [-0.39, 0.29) is 24.4 Å². The van der Waals surface area contributed by atoms with Gasteiger partial charge in [-0.1, -0.05) is 19.8 Å². The zero-order valence-electron chi connectivity index (χ0n) is 12.5. The van der Waals surface area contributed by atoms with Crippen LogP contribution in [0, 0.1) is 5.92 Å². The quantitative estimate of drug-likeness (QED) is 0.894. The van der Waals surface area contributed by atoms with E-state index in [2.05, 4.69) is 12.2 Å². The van der Waals surface area contributed by atoms with E-state index in [1.165, 1.54) is 12.5 Å². The van der Waals surface area contributed by atoms with E-state index < -0.39 is 5.97 Å². The van der Waals surface area contributed by atoms with E-state index in [9.17, 15) is 9.59 Å². The molecule has 2 rings (SSSR count). The number of carbonyl (C=O) groups excluding carboxylic acids is 1. The van der Waals surface area contributed by atoms with Crippen molar-refractivity contribution in [3.63, 3.8) is 0 Å². The summed E-state index contributed by atoms with van der Waals surface area (Å²) in [4.78, 5) is 24.6. The van der Waals surface area contributed by atoms with E-state index in [1.54, 1.807) is 11.0 Å². The van der Waals surface area contributed by atoms with Gasteiger partial charge in [0.05, 0.1) is 6.54 Å². The van der Waals surface area contributed by atoms with Crippen LogP contribution in [0.15, 0.2) is 16.5 Å². The summed E-state index contributed by atoms with van der Waals surface area (Å²) < 4.78 is 5.11. The summed E-state index contributed by atoms with van der Waals surface area (Å²) in [6.45, 7) is 2.37. The number of carboxylic acid groups (broad SMARTS) is 1. The monoisotopic (exact) mass is 294 g/mol. The third-order valence-corrected chi connectivity index (χ3v) is 4.17. The van der Waals surface area contributed by atoms with Gasteiger partial charge in [0, 0.05) is 13.1 Å². The predicted octanol–water partition coefficient (Wildman–Crippen LogP) is 2.70. The molecule has 2 N–H and O–H groups in total. The number of nitrogens with one attached hydrogen (secondary N) is 1. The maximum atomic E-state index is 12.2. The van der Waals surface area contributed by atoms with Gasteiger partial charge >= 0.3 is 12.0 Å². The Morgan fingerprint density at radius 3 is 2.71 bits per heavy atom. The molecule has 1 aliphatic carbocycles. The van der Waals surface area contributed by atoms with Gasteiger partial charge in [0.1, 0.15) is 5.76 Å². The number of amides is 2. The molecule has 1 aromatic rings. The number of urea groups is 1. The maximum Gasteiger partial charge on any atom is 0.371 e. The van der Waals surface area contributed by atoms with Crippen molar-refractivity contribution < 1.29 is 19.1 Å². The number of carbonyl (C=O) groups is 2. The van der Waals surface area contributed by atoms with Crippen molar-refractivity contribution in [2.75, 3.05) is 7.05 Å². The highest BCUT2D eigenvalue weighted by molar-refractivity contribution is 5.84. The second-order valence-electron chi connectivity index (χ2n) is 5.67. The molecule has 0 saturated heterocycles. The Hall–Kier alpha value is -1.98. The summed E-state index contributed by atoms with van der Waals surface area (Å²) >= 11 is 0. The summed E-state index contributed by atoms with van der Waals surface area (Å²) in [5, 5.41) is 11.5. The van der Waals surface area contributed by atoms with Crippen molar-refractivity contribution in [3.8, 4) is 0 Å². The van der Waals surface area contributed by atoms with Crippen LogP contribution in [-0.2, 0) is 6.54 Å². The molecule has 2 atom stereocenters. The molecule has 0 radical (unpaired) electrons. The maximum absolute atomic E-state index is 12.2. The van der Waals surface area contributed by atoms with Crippen LogP contribution in [0.1, 0.15) is 48.9 Å². The van der Waals surface area contributed by atoms with E-state index >= 15 is 0 Å². The summed E-state index contributed by atoms with van der Waals surface area (Å²) in [5.41, 5.74) is 0. The first-order chi connectivity index (χ1) is 9.99. The average Bonchev–Trinajstić information content (AvgIpc) is 2.93. The topological polar surface area (TPSA) is 82.8 Å². The van der Waals surface area contributed by atoms with Crippen molar-refractivity contribution in [1.82, 2.24) is 10.2 Å². The van der Waals surface area contributed by atoms with Crippen molar-refractivity contribution >= 4 is 12.0 Å². The fourth-order valence-corrected chi connectivity index (χ4v) is 2.90. The van der Waals surface area contributed by atoms with Crippen LogP contribution >= 0.6 is 0 Å². The first-order valence-electron chi connectivity index (χ1n) is 7.31. The number of nitrogens with zero attached hydrogens (tertiary/aromatic N) is 1. The normalized spacial score (nSPS) is 21.8. The van der Waals surface area contributed by atoms with Crippen LogP contribution in [0.3, 0.4) is 0 Å². The molecule has 2 unspecified atom stereocenters. The van der Waals surface area contributed by atoms with Crippen molar-refractivity contribution in [2.45, 2.75) is 45.2 Å². The van der Waals surface area contributed by atoms with Gasteiger partial charge in [-0.25, -0.2) is 9.59 Å². The van der Waals surface area contributed by atoms with Gasteiger partial charge in [0.2, 0.25) is 5.76 Å². The fraction of sp³-hybridized carbons (Fsp3) is 0.600. The highest BCUT2D eigenvalue weighted by atomic mass is 16.4. The molecule has 1 fully saturated rings. The first-order valence-corrected chi connectivity index (χ1v) is 7.31. The zero-order valence-corrected chi connectivity index (χ0v) is 12.5. The third-order valence-electron chi connectivity index (χ3n) is 4.17. The lowest BCUT2D eigenvalue weighted by Gasteiger charge is -2.36. The van der Waals surface area contributed by atoms with Gasteiger partial charge in [0.25, 0.3) is 0 Å². The Bertz CT molecular complexity index is 512. The summed E-state index contributed by atoms with van der Waals surface area (Å²) in [6.07, 6.45) is 4.59. The Labute approximate surface area is 124 Å². The van der Waals surface area contributed by atoms with Gasteiger partial charge in [-0.15, -0.1) is 0 Å². The van der Waals surface area contributed by atoms with Crippen molar-refractivity contribution in [1.29, 1.82) is 0 Å². The number of carboxylic acids is 1.